The standard InChI is InChI=1S/C31H37N7O3/c1-3-4-5-8-19-41-29(39)16-18-38(27-9-6-7-17-34-27)31(40)23-12-15-26-25(20-23)36-28(37(26)2)21-35-24-13-10-22(11-14-24)30(32)33/h6-7,9-15,17,20,35H,3-5,8,16,18-19,21H2,1-2H3,(H3,32,33). The molecular weight excluding hydrogens is 518 g/mol. The Morgan fingerprint density at radius 1 is 1.05 bits per heavy atom. The number of ether oxygens (including phenoxy) is 1. The zero-order valence-electron chi connectivity index (χ0n) is 23.6. The molecule has 0 aliphatic carbocycles. The van der Waals surface area contributed by atoms with Crippen LogP contribution in [0.4, 0.5) is 11.5 Å². The third kappa shape index (κ3) is 7.69. The Labute approximate surface area is 240 Å². The predicted octanol–water partition coefficient (Wildman–Crippen LogP) is 5.02. The normalized spacial score (nSPS) is 10.9. The summed E-state index contributed by atoms with van der Waals surface area (Å²) in [6.07, 6.45) is 5.81. The third-order valence-corrected chi connectivity index (χ3v) is 6.84. The second kappa shape index (κ2) is 14.1. The molecule has 0 fully saturated rings. The van der Waals surface area contributed by atoms with Crippen molar-refractivity contribution in [2.45, 2.75) is 45.6 Å². The van der Waals surface area contributed by atoms with Crippen molar-refractivity contribution in [3.05, 3.63) is 83.8 Å². The molecule has 2 aromatic carbocycles. The van der Waals surface area contributed by atoms with E-state index in [9.17, 15) is 9.59 Å². The summed E-state index contributed by atoms with van der Waals surface area (Å²) in [6.45, 7) is 3.15. The molecule has 10 heteroatoms. The summed E-state index contributed by atoms with van der Waals surface area (Å²) in [6, 6.07) is 18.1. The Morgan fingerprint density at radius 2 is 1.83 bits per heavy atom. The fourth-order valence-electron chi connectivity index (χ4n) is 4.47. The van der Waals surface area contributed by atoms with Crippen LogP contribution in [0, 0.1) is 5.41 Å². The Balaban J connectivity index is 1.46. The van der Waals surface area contributed by atoms with Gasteiger partial charge in [-0.05, 0) is 61.0 Å². The number of esters is 1. The highest BCUT2D eigenvalue weighted by atomic mass is 16.5. The van der Waals surface area contributed by atoms with E-state index in [-0.39, 0.29) is 30.7 Å². The highest BCUT2D eigenvalue weighted by molar-refractivity contribution is 6.07. The summed E-state index contributed by atoms with van der Waals surface area (Å²) in [5.41, 5.74) is 9.11. The van der Waals surface area contributed by atoms with E-state index in [4.69, 9.17) is 20.9 Å². The van der Waals surface area contributed by atoms with Gasteiger partial charge in [-0.15, -0.1) is 0 Å². The van der Waals surface area contributed by atoms with E-state index < -0.39 is 0 Å². The molecular formula is C31H37N7O3. The van der Waals surface area contributed by atoms with E-state index in [1.165, 1.54) is 4.90 Å². The fourth-order valence-corrected chi connectivity index (χ4v) is 4.47. The lowest BCUT2D eigenvalue weighted by atomic mass is 10.1. The number of pyridine rings is 1. The molecule has 0 atom stereocenters. The van der Waals surface area contributed by atoms with Gasteiger partial charge in [-0.2, -0.15) is 0 Å². The van der Waals surface area contributed by atoms with E-state index in [1.54, 1.807) is 42.6 Å². The Bertz CT molecular complexity index is 1480. The van der Waals surface area contributed by atoms with Crippen LogP contribution in [0.5, 0.6) is 0 Å². The van der Waals surface area contributed by atoms with Crippen molar-refractivity contribution in [1.29, 1.82) is 5.41 Å². The second-order valence-corrected chi connectivity index (χ2v) is 9.81. The maximum Gasteiger partial charge on any atom is 0.307 e. The van der Waals surface area contributed by atoms with Gasteiger partial charge in [0.1, 0.15) is 17.5 Å². The maximum atomic E-state index is 13.7. The number of nitrogens with zero attached hydrogens (tertiary/aromatic N) is 4. The number of amidine groups is 1. The number of nitrogens with one attached hydrogen (secondary N) is 2. The van der Waals surface area contributed by atoms with E-state index in [2.05, 4.69) is 17.2 Å². The van der Waals surface area contributed by atoms with Crippen LogP contribution >= 0.6 is 0 Å². The van der Waals surface area contributed by atoms with E-state index >= 15 is 0 Å². The van der Waals surface area contributed by atoms with Gasteiger partial charge in [0.25, 0.3) is 5.91 Å². The molecule has 10 nitrogen and oxygen atoms in total. The van der Waals surface area contributed by atoms with Crippen molar-refractivity contribution in [3.8, 4) is 0 Å². The number of imidazole rings is 1. The Morgan fingerprint density at radius 3 is 2.54 bits per heavy atom. The van der Waals surface area contributed by atoms with Crippen LogP contribution in [0.15, 0.2) is 66.9 Å². The highest BCUT2D eigenvalue weighted by Crippen LogP contribution is 2.21. The van der Waals surface area contributed by atoms with Crippen molar-refractivity contribution in [3.63, 3.8) is 0 Å². The van der Waals surface area contributed by atoms with Gasteiger partial charge >= 0.3 is 5.97 Å². The minimum Gasteiger partial charge on any atom is -0.466 e. The molecule has 1 amide bonds. The molecule has 0 spiro atoms. The van der Waals surface area contributed by atoms with Gasteiger partial charge in [0.2, 0.25) is 0 Å². The molecule has 2 aromatic heterocycles. The molecule has 214 valence electrons. The summed E-state index contributed by atoms with van der Waals surface area (Å²) in [4.78, 5) is 36.7. The van der Waals surface area contributed by atoms with Gasteiger partial charge < -0.3 is 20.4 Å². The first-order chi connectivity index (χ1) is 19.9. The van der Waals surface area contributed by atoms with E-state index in [0.29, 0.717) is 35.6 Å². The lowest BCUT2D eigenvalue weighted by Crippen LogP contribution is -2.34. The molecule has 0 bridgehead atoms. The number of carbonyl (C=O) groups is 2. The van der Waals surface area contributed by atoms with Crippen LogP contribution in [-0.2, 0) is 23.1 Å². The third-order valence-electron chi connectivity index (χ3n) is 6.84. The van der Waals surface area contributed by atoms with Gasteiger partial charge in [-0.25, -0.2) is 9.97 Å². The summed E-state index contributed by atoms with van der Waals surface area (Å²) in [7, 11) is 1.93. The monoisotopic (exact) mass is 555 g/mol. The van der Waals surface area contributed by atoms with E-state index in [1.807, 2.05) is 35.9 Å². The van der Waals surface area contributed by atoms with Gasteiger partial charge in [-0.1, -0.05) is 32.3 Å². The van der Waals surface area contributed by atoms with Crippen molar-refractivity contribution in [1.82, 2.24) is 14.5 Å². The van der Waals surface area contributed by atoms with Crippen LogP contribution in [0.1, 0.15) is 60.8 Å². The summed E-state index contributed by atoms with van der Waals surface area (Å²) in [5, 5.41) is 10.9. The minimum atomic E-state index is -0.330. The number of rotatable bonds is 14. The van der Waals surface area contributed by atoms with E-state index in [0.717, 1.165) is 42.7 Å². The highest BCUT2D eigenvalue weighted by Gasteiger charge is 2.21. The Kier molecular flexibility index (Phi) is 10.0. The first-order valence-electron chi connectivity index (χ1n) is 13.9. The van der Waals surface area contributed by atoms with Crippen LogP contribution in [-0.4, -0.2) is 45.4 Å². The number of aryl methyl sites for hydroxylation is 1. The van der Waals surface area contributed by atoms with Crippen molar-refractivity contribution >= 4 is 40.3 Å². The fraction of sp³-hybridized carbons (Fsp3) is 0.323. The average Bonchev–Trinajstić information content (AvgIpc) is 3.31. The maximum absolute atomic E-state index is 13.7. The lowest BCUT2D eigenvalue weighted by Gasteiger charge is -2.21. The molecule has 0 unspecified atom stereocenters. The van der Waals surface area contributed by atoms with Gasteiger partial charge in [0.05, 0.1) is 30.6 Å². The van der Waals surface area contributed by atoms with Crippen LogP contribution < -0.4 is 16.0 Å². The number of unbranched alkanes of at least 4 members (excludes halogenated alkanes) is 3. The first-order valence-corrected chi connectivity index (χ1v) is 13.9. The topological polar surface area (TPSA) is 139 Å². The molecule has 0 saturated heterocycles. The molecule has 41 heavy (non-hydrogen) atoms. The minimum absolute atomic E-state index is 0.0246. The molecule has 0 radical (unpaired) electrons. The second-order valence-electron chi connectivity index (χ2n) is 9.81. The Hall–Kier alpha value is -4.73. The molecule has 2 heterocycles. The number of nitrogens with two attached hydrogens (primary N) is 1. The lowest BCUT2D eigenvalue weighted by molar-refractivity contribution is -0.143. The summed E-state index contributed by atoms with van der Waals surface area (Å²) in [5.74, 6) is 0.691. The van der Waals surface area contributed by atoms with Crippen molar-refractivity contribution < 1.29 is 14.3 Å². The number of amides is 1. The van der Waals surface area contributed by atoms with Crippen molar-refractivity contribution in [2.75, 3.05) is 23.4 Å². The number of aromatic nitrogens is 3. The van der Waals surface area contributed by atoms with Crippen molar-refractivity contribution in [2.24, 2.45) is 12.8 Å². The number of hydrogen-bond donors (Lipinski definition) is 3. The van der Waals surface area contributed by atoms with Crippen LogP contribution in [0.3, 0.4) is 0 Å². The van der Waals surface area contributed by atoms with Gasteiger partial charge in [0, 0.05) is 36.6 Å². The molecule has 0 aliphatic heterocycles. The summed E-state index contributed by atoms with van der Waals surface area (Å²) < 4.78 is 7.35. The van der Waals surface area contributed by atoms with Gasteiger partial charge in [0.15, 0.2) is 0 Å². The van der Waals surface area contributed by atoms with Crippen LogP contribution in [0.25, 0.3) is 11.0 Å². The molecule has 4 aromatic rings. The quantitative estimate of drug-likeness (QED) is 0.0859. The molecule has 0 saturated carbocycles. The zero-order valence-corrected chi connectivity index (χ0v) is 23.6. The first kappa shape index (κ1) is 29.3. The number of fused-ring (bicyclic) bond motifs is 1. The number of anilines is 2. The molecule has 0 aliphatic rings. The smallest absolute Gasteiger partial charge is 0.307 e. The predicted molar refractivity (Wildman–Crippen MR) is 161 cm³/mol. The number of nitrogen functional groups attached to an aromatic ring is 1. The molecule has 4 rings (SSSR count). The zero-order chi connectivity index (χ0) is 29.2. The van der Waals surface area contributed by atoms with Gasteiger partial charge in [-0.3, -0.25) is 19.9 Å². The number of carbonyl (C=O) groups excluding carboxylic acids is 2. The van der Waals surface area contributed by atoms with Crippen LogP contribution in [0.2, 0.25) is 0 Å². The number of hydrogen-bond acceptors (Lipinski definition) is 7. The largest absolute Gasteiger partial charge is 0.466 e. The summed E-state index contributed by atoms with van der Waals surface area (Å²) >= 11 is 0. The average molecular weight is 556 g/mol. The molecule has 4 N–H and O–H groups in total. The SMILES string of the molecule is CCCCCCOC(=O)CCN(C(=O)c1ccc2c(c1)nc(CNc1ccc(C(=N)N)cc1)n2C)c1ccccn1. The number of benzene rings is 2.